The molecule has 2 aliphatic rings. The van der Waals surface area contributed by atoms with Gasteiger partial charge in [0, 0.05) is 37.9 Å². The Morgan fingerprint density at radius 1 is 1.04 bits per heavy atom. The molecule has 1 aromatic carbocycles. The summed E-state index contributed by atoms with van der Waals surface area (Å²) in [7, 11) is 0. The van der Waals surface area contributed by atoms with E-state index in [2.05, 4.69) is 41.8 Å². The van der Waals surface area contributed by atoms with E-state index in [4.69, 9.17) is 5.73 Å². The second-order valence-corrected chi connectivity index (χ2v) is 7.34. The van der Waals surface area contributed by atoms with Crippen molar-refractivity contribution in [2.24, 2.45) is 11.7 Å². The highest BCUT2D eigenvalue weighted by molar-refractivity contribution is 5.57. The standard InChI is InChI=1S/C20H33N3/c1-3-17-6-5-7-20(19(17)4-2)23-12-10-22(11-13-23)9-8-16-14-18(21)15-16/h5-7,16,18H,3-4,8-15,21H2,1-2H3. The van der Waals surface area contributed by atoms with Gasteiger partial charge >= 0.3 is 0 Å². The van der Waals surface area contributed by atoms with Gasteiger partial charge in [-0.1, -0.05) is 26.0 Å². The lowest BCUT2D eigenvalue weighted by atomic mass is 9.79. The van der Waals surface area contributed by atoms with E-state index in [0.29, 0.717) is 6.04 Å². The van der Waals surface area contributed by atoms with E-state index in [1.165, 1.54) is 63.2 Å². The van der Waals surface area contributed by atoms with Crippen LogP contribution in [0, 0.1) is 5.92 Å². The third-order valence-corrected chi connectivity index (χ3v) is 5.82. The van der Waals surface area contributed by atoms with Crippen molar-refractivity contribution in [3.63, 3.8) is 0 Å². The number of rotatable bonds is 6. The number of aryl methyl sites for hydroxylation is 1. The van der Waals surface area contributed by atoms with E-state index in [0.717, 1.165) is 18.8 Å². The predicted octanol–water partition coefficient (Wildman–Crippen LogP) is 3.06. The van der Waals surface area contributed by atoms with Crippen LogP contribution in [0.1, 0.15) is 44.2 Å². The Kier molecular flexibility index (Phi) is 5.60. The highest BCUT2D eigenvalue weighted by Crippen LogP contribution is 2.29. The van der Waals surface area contributed by atoms with E-state index >= 15 is 0 Å². The maximum atomic E-state index is 5.89. The number of benzene rings is 1. The lowest BCUT2D eigenvalue weighted by Gasteiger charge is -2.39. The zero-order chi connectivity index (χ0) is 16.2. The summed E-state index contributed by atoms with van der Waals surface area (Å²) < 4.78 is 0. The molecular weight excluding hydrogens is 282 g/mol. The number of hydrogen-bond acceptors (Lipinski definition) is 3. The van der Waals surface area contributed by atoms with Gasteiger partial charge in [-0.15, -0.1) is 0 Å². The average molecular weight is 316 g/mol. The van der Waals surface area contributed by atoms with Gasteiger partial charge < -0.3 is 10.6 Å². The molecule has 128 valence electrons. The largest absolute Gasteiger partial charge is 0.369 e. The Morgan fingerprint density at radius 3 is 2.39 bits per heavy atom. The van der Waals surface area contributed by atoms with Crippen molar-refractivity contribution in [2.45, 2.75) is 52.0 Å². The summed E-state index contributed by atoms with van der Waals surface area (Å²) in [5.74, 6) is 0.899. The topological polar surface area (TPSA) is 32.5 Å². The first kappa shape index (κ1) is 16.8. The summed E-state index contributed by atoms with van der Waals surface area (Å²) >= 11 is 0. The Morgan fingerprint density at radius 2 is 1.78 bits per heavy atom. The Labute approximate surface area is 141 Å². The van der Waals surface area contributed by atoms with Crippen LogP contribution >= 0.6 is 0 Å². The van der Waals surface area contributed by atoms with Gasteiger partial charge in [-0.25, -0.2) is 0 Å². The summed E-state index contributed by atoms with van der Waals surface area (Å²) in [4.78, 5) is 5.25. The molecule has 1 heterocycles. The minimum absolute atomic E-state index is 0.496. The van der Waals surface area contributed by atoms with Crippen molar-refractivity contribution in [2.75, 3.05) is 37.6 Å². The molecule has 2 fully saturated rings. The summed E-state index contributed by atoms with van der Waals surface area (Å²) in [5.41, 5.74) is 10.5. The molecule has 23 heavy (non-hydrogen) atoms. The van der Waals surface area contributed by atoms with Gasteiger partial charge in [-0.3, -0.25) is 4.90 Å². The molecule has 2 N–H and O–H groups in total. The van der Waals surface area contributed by atoms with Crippen molar-refractivity contribution in [3.05, 3.63) is 29.3 Å². The van der Waals surface area contributed by atoms with Gasteiger partial charge in [0.2, 0.25) is 0 Å². The van der Waals surface area contributed by atoms with E-state index in [-0.39, 0.29) is 0 Å². The fraction of sp³-hybridized carbons (Fsp3) is 0.700. The smallest absolute Gasteiger partial charge is 0.0402 e. The summed E-state index contributed by atoms with van der Waals surface area (Å²) in [5, 5.41) is 0. The second-order valence-electron chi connectivity index (χ2n) is 7.34. The SMILES string of the molecule is CCc1cccc(N2CCN(CCC3CC(N)C3)CC2)c1CC. The molecule has 1 aliphatic carbocycles. The van der Waals surface area contributed by atoms with Gasteiger partial charge in [0.25, 0.3) is 0 Å². The molecule has 0 spiro atoms. The fourth-order valence-corrected chi connectivity index (χ4v) is 4.26. The molecule has 0 bridgehead atoms. The van der Waals surface area contributed by atoms with Crippen LogP contribution in [-0.4, -0.2) is 43.7 Å². The highest BCUT2D eigenvalue weighted by atomic mass is 15.3. The Hall–Kier alpha value is -1.06. The van der Waals surface area contributed by atoms with Crippen LogP contribution in [0.15, 0.2) is 18.2 Å². The van der Waals surface area contributed by atoms with Crippen molar-refractivity contribution in [3.8, 4) is 0 Å². The number of anilines is 1. The maximum Gasteiger partial charge on any atom is 0.0402 e. The van der Waals surface area contributed by atoms with Crippen LogP contribution < -0.4 is 10.6 Å². The number of piperazine rings is 1. The zero-order valence-corrected chi connectivity index (χ0v) is 14.9. The normalized spacial score (nSPS) is 25.4. The molecule has 0 amide bonds. The molecule has 1 aromatic rings. The third-order valence-electron chi connectivity index (χ3n) is 5.82. The van der Waals surface area contributed by atoms with Gasteiger partial charge in [0.15, 0.2) is 0 Å². The maximum absolute atomic E-state index is 5.89. The van der Waals surface area contributed by atoms with E-state index in [1.54, 1.807) is 5.56 Å². The molecule has 0 atom stereocenters. The van der Waals surface area contributed by atoms with Gasteiger partial charge in [-0.2, -0.15) is 0 Å². The first-order chi connectivity index (χ1) is 11.2. The summed E-state index contributed by atoms with van der Waals surface area (Å²) in [6.07, 6.45) is 6.13. The van der Waals surface area contributed by atoms with Crippen molar-refractivity contribution >= 4 is 5.69 Å². The average Bonchev–Trinajstić information content (AvgIpc) is 2.57. The molecule has 3 rings (SSSR count). The minimum atomic E-state index is 0.496. The molecule has 0 aromatic heterocycles. The van der Waals surface area contributed by atoms with Crippen LogP contribution in [0.4, 0.5) is 5.69 Å². The second kappa shape index (κ2) is 7.67. The lowest BCUT2D eigenvalue weighted by Crippen LogP contribution is -2.48. The zero-order valence-electron chi connectivity index (χ0n) is 14.9. The van der Waals surface area contributed by atoms with Crippen molar-refractivity contribution in [1.29, 1.82) is 0 Å². The van der Waals surface area contributed by atoms with Crippen LogP contribution in [0.25, 0.3) is 0 Å². The van der Waals surface area contributed by atoms with Crippen LogP contribution in [0.3, 0.4) is 0 Å². The molecule has 1 saturated heterocycles. The number of nitrogens with zero attached hydrogens (tertiary/aromatic N) is 2. The van der Waals surface area contributed by atoms with Gasteiger partial charge in [0.1, 0.15) is 0 Å². The van der Waals surface area contributed by atoms with Crippen LogP contribution in [0.2, 0.25) is 0 Å². The molecule has 0 radical (unpaired) electrons. The van der Waals surface area contributed by atoms with Crippen molar-refractivity contribution in [1.82, 2.24) is 4.90 Å². The molecule has 3 nitrogen and oxygen atoms in total. The molecule has 0 unspecified atom stereocenters. The van der Waals surface area contributed by atoms with Crippen LogP contribution in [0.5, 0.6) is 0 Å². The van der Waals surface area contributed by atoms with E-state index < -0.39 is 0 Å². The quantitative estimate of drug-likeness (QED) is 0.876. The van der Waals surface area contributed by atoms with E-state index in [9.17, 15) is 0 Å². The van der Waals surface area contributed by atoms with Gasteiger partial charge in [0.05, 0.1) is 0 Å². The number of hydrogen-bond donors (Lipinski definition) is 1. The van der Waals surface area contributed by atoms with E-state index in [1.807, 2.05) is 0 Å². The van der Waals surface area contributed by atoms with Crippen molar-refractivity contribution < 1.29 is 0 Å². The lowest BCUT2D eigenvalue weighted by molar-refractivity contribution is 0.189. The molecule has 3 heteroatoms. The minimum Gasteiger partial charge on any atom is -0.369 e. The molecule has 1 aliphatic heterocycles. The number of nitrogens with two attached hydrogens (primary N) is 1. The van der Waals surface area contributed by atoms with Gasteiger partial charge in [-0.05, 0) is 61.8 Å². The highest BCUT2D eigenvalue weighted by Gasteiger charge is 2.27. The summed E-state index contributed by atoms with van der Waals surface area (Å²) in [6.45, 7) is 10.6. The first-order valence-corrected chi connectivity index (χ1v) is 9.54. The third kappa shape index (κ3) is 3.89. The molecular formula is C20H33N3. The first-order valence-electron chi connectivity index (χ1n) is 9.54. The monoisotopic (exact) mass is 315 g/mol. The van der Waals surface area contributed by atoms with Crippen LogP contribution in [-0.2, 0) is 12.8 Å². The summed E-state index contributed by atoms with van der Waals surface area (Å²) in [6, 6.07) is 7.35. The Balaban J connectivity index is 1.52. The predicted molar refractivity (Wildman–Crippen MR) is 99.2 cm³/mol. The fourth-order valence-electron chi connectivity index (χ4n) is 4.26. The Bertz CT molecular complexity index is 500. The molecule has 1 saturated carbocycles.